The van der Waals surface area contributed by atoms with Crippen LogP contribution in [0.4, 0.5) is 0 Å². The first-order chi connectivity index (χ1) is 10.8. The van der Waals surface area contributed by atoms with E-state index in [1.807, 2.05) is 66.7 Å². The topological polar surface area (TPSA) is 63.0 Å². The minimum atomic E-state index is -0.372. The van der Waals surface area contributed by atoms with Crippen LogP contribution in [0.25, 0.3) is 17.5 Å². The van der Waals surface area contributed by atoms with E-state index in [1.165, 1.54) is 4.68 Å². The molecule has 5 heteroatoms. The molecule has 0 aliphatic carbocycles. The minimum Gasteiger partial charge on any atom is -0.244 e. The molecule has 1 N–H and O–H groups in total. The van der Waals surface area contributed by atoms with E-state index in [1.54, 1.807) is 12.3 Å². The highest BCUT2D eigenvalue weighted by Gasteiger charge is 2.08. The van der Waals surface area contributed by atoms with E-state index in [0.717, 1.165) is 11.1 Å². The van der Waals surface area contributed by atoms with Crippen LogP contribution in [-0.4, -0.2) is 21.1 Å². The van der Waals surface area contributed by atoms with Crippen LogP contribution in [0.2, 0.25) is 0 Å². The number of benzene rings is 2. The summed E-state index contributed by atoms with van der Waals surface area (Å²) in [6.07, 6.45) is 5.26. The first kappa shape index (κ1) is 13.8. The van der Waals surface area contributed by atoms with Crippen molar-refractivity contribution in [2.45, 2.75) is 0 Å². The monoisotopic (exact) mass is 290 g/mol. The van der Waals surface area contributed by atoms with Crippen LogP contribution in [0.5, 0.6) is 0 Å². The molecule has 3 aromatic rings. The summed E-state index contributed by atoms with van der Waals surface area (Å²) < 4.78 is 1.24. The molecule has 0 radical (unpaired) electrons. The van der Waals surface area contributed by atoms with E-state index in [4.69, 9.17) is 0 Å². The van der Waals surface area contributed by atoms with E-state index in [0.29, 0.717) is 5.82 Å². The second kappa shape index (κ2) is 6.49. The Morgan fingerprint density at radius 3 is 2.41 bits per heavy atom. The summed E-state index contributed by atoms with van der Waals surface area (Å²) in [5.41, 5.74) is 1.52. The first-order valence-electron chi connectivity index (χ1n) is 6.83. The molecule has 0 aliphatic rings. The van der Waals surface area contributed by atoms with Crippen molar-refractivity contribution in [3.63, 3.8) is 0 Å². The van der Waals surface area contributed by atoms with Gasteiger partial charge >= 0.3 is 5.69 Å². The van der Waals surface area contributed by atoms with Gasteiger partial charge in [0.25, 0.3) is 0 Å². The van der Waals surface area contributed by atoms with Crippen molar-refractivity contribution in [3.8, 4) is 11.4 Å². The van der Waals surface area contributed by atoms with E-state index < -0.39 is 0 Å². The molecule has 3 rings (SSSR count). The SMILES string of the molecule is O=c1[nH]nc(-c2ccccc2)n1N=CC=Cc1ccccc1. The van der Waals surface area contributed by atoms with Gasteiger partial charge in [0.2, 0.25) is 0 Å². The van der Waals surface area contributed by atoms with Crippen LogP contribution >= 0.6 is 0 Å². The number of hydrogen-bond acceptors (Lipinski definition) is 3. The van der Waals surface area contributed by atoms with Gasteiger partial charge in [-0.15, -0.1) is 0 Å². The number of aromatic amines is 1. The maximum absolute atomic E-state index is 11.8. The van der Waals surface area contributed by atoms with E-state index in [-0.39, 0.29) is 5.69 Å². The van der Waals surface area contributed by atoms with Crippen LogP contribution in [0.1, 0.15) is 5.56 Å². The summed E-state index contributed by atoms with van der Waals surface area (Å²) in [5.74, 6) is 0.481. The maximum atomic E-state index is 11.8. The lowest BCUT2D eigenvalue weighted by molar-refractivity contribution is 0.843. The molecular weight excluding hydrogens is 276 g/mol. The molecule has 0 fully saturated rings. The highest BCUT2D eigenvalue weighted by atomic mass is 16.2. The van der Waals surface area contributed by atoms with Crippen molar-refractivity contribution in [2.24, 2.45) is 5.10 Å². The zero-order valence-corrected chi connectivity index (χ0v) is 11.8. The van der Waals surface area contributed by atoms with Gasteiger partial charge in [-0.25, -0.2) is 9.89 Å². The van der Waals surface area contributed by atoms with Gasteiger partial charge in [-0.3, -0.25) is 0 Å². The maximum Gasteiger partial charge on any atom is 0.364 e. The number of nitrogens with one attached hydrogen (secondary N) is 1. The van der Waals surface area contributed by atoms with Gasteiger partial charge in [-0.2, -0.15) is 14.9 Å². The molecule has 2 aromatic carbocycles. The molecule has 0 bridgehead atoms. The Balaban J connectivity index is 1.84. The van der Waals surface area contributed by atoms with Crippen LogP contribution in [0.3, 0.4) is 0 Å². The second-order valence-electron chi connectivity index (χ2n) is 4.56. The predicted octanol–water partition coefficient (Wildman–Crippen LogP) is 2.79. The molecule has 1 heterocycles. The van der Waals surface area contributed by atoms with Gasteiger partial charge in [0.15, 0.2) is 5.82 Å². The van der Waals surface area contributed by atoms with E-state index >= 15 is 0 Å². The third kappa shape index (κ3) is 3.09. The molecule has 0 saturated carbocycles. The van der Waals surface area contributed by atoms with Crippen molar-refractivity contribution in [1.29, 1.82) is 0 Å². The average Bonchev–Trinajstić information content (AvgIpc) is 2.94. The number of allylic oxidation sites excluding steroid dienone is 1. The van der Waals surface area contributed by atoms with Crippen molar-refractivity contribution in [2.75, 3.05) is 0 Å². The van der Waals surface area contributed by atoms with Gasteiger partial charge in [0.05, 0.1) is 0 Å². The van der Waals surface area contributed by atoms with Gasteiger partial charge in [0.1, 0.15) is 0 Å². The van der Waals surface area contributed by atoms with Gasteiger partial charge in [-0.05, 0) is 11.6 Å². The third-order valence-electron chi connectivity index (χ3n) is 3.04. The molecule has 1 aromatic heterocycles. The highest BCUT2D eigenvalue weighted by molar-refractivity contribution is 5.78. The molecule has 108 valence electrons. The van der Waals surface area contributed by atoms with Gasteiger partial charge in [-0.1, -0.05) is 66.7 Å². The average molecular weight is 290 g/mol. The highest BCUT2D eigenvalue weighted by Crippen LogP contribution is 2.13. The van der Waals surface area contributed by atoms with Crippen LogP contribution < -0.4 is 5.69 Å². The molecular formula is C17H14N4O. The number of H-pyrrole nitrogens is 1. The Morgan fingerprint density at radius 1 is 1.00 bits per heavy atom. The molecule has 0 aliphatic heterocycles. The Bertz CT molecular complexity index is 845. The zero-order valence-electron chi connectivity index (χ0n) is 11.8. The molecule has 0 saturated heterocycles. The Kier molecular flexibility index (Phi) is 4.06. The predicted molar refractivity (Wildman–Crippen MR) is 87.6 cm³/mol. The lowest BCUT2D eigenvalue weighted by Gasteiger charge is -1.98. The van der Waals surface area contributed by atoms with Gasteiger partial charge in [0, 0.05) is 11.8 Å². The fourth-order valence-electron chi connectivity index (χ4n) is 2.00. The first-order valence-corrected chi connectivity index (χ1v) is 6.83. The Morgan fingerprint density at radius 2 is 1.68 bits per heavy atom. The Labute approximate surface area is 127 Å². The van der Waals surface area contributed by atoms with Crippen LogP contribution in [-0.2, 0) is 0 Å². The van der Waals surface area contributed by atoms with Crippen molar-refractivity contribution >= 4 is 12.3 Å². The minimum absolute atomic E-state index is 0.372. The zero-order chi connectivity index (χ0) is 15.2. The summed E-state index contributed by atoms with van der Waals surface area (Å²) in [4.78, 5) is 11.8. The molecule has 5 nitrogen and oxygen atoms in total. The number of rotatable bonds is 4. The van der Waals surface area contributed by atoms with Gasteiger partial charge < -0.3 is 0 Å². The molecule has 0 amide bonds. The summed E-state index contributed by atoms with van der Waals surface area (Å²) in [5, 5.41) is 10.6. The van der Waals surface area contributed by atoms with Crippen molar-refractivity contribution < 1.29 is 0 Å². The van der Waals surface area contributed by atoms with Crippen LogP contribution in [0, 0.1) is 0 Å². The number of hydrogen-bond donors (Lipinski definition) is 1. The fourth-order valence-corrected chi connectivity index (χ4v) is 2.00. The summed E-state index contributed by atoms with van der Waals surface area (Å²) >= 11 is 0. The molecule has 0 unspecified atom stereocenters. The van der Waals surface area contributed by atoms with E-state index in [2.05, 4.69) is 15.3 Å². The normalized spacial score (nSPS) is 11.5. The van der Waals surface area contributed by atoms with E-state index in [9.17, 15) is 4.79 Å². The second-order valence-corrected chi connectivity index (χ2v) is 4.56. The summed E-state index contributed by atoms with van der Waals surface area (Å²) in [7, 11) is 0. The van der Waals surface area contributed by atoms with Crippen molar-refractivity contribution in [3.05, 3.63) is 82.8 Å². The Hall–Kier alpha value is -3.21. The fraction of sp³-hybridized carbons (Fsp3) is 0. The molecule has 0 atom stereocenters. The molecule has 0 spiro atoms. The largest absolute Gasteiger partial charge is 0.364 e. The standard InChI is InChI=1S/C17H14N4O/c22-17-20-19-16(15-11-5-2-6-12-15)21(17)18-13-7-10-14-8-3-1-4-9-14/h1-13H,(H,20,22). The molecule has 22 heavy (non-hydrogen) atoms. The van der Waals surface area contributed by atoms with Crippen molar-refractivity contribution in [1.82, 2.24) is 14.9 Å². The summed E-state index contributed by atoms with van der Waals surface area (Å²) in [6.45, 7) is 0. The third-order valence-corrected chi connectivity index (χ3v) is 3.04. The van der Waals surface area contributed by atoms with Crippen LogP contribution in [0.15, 0.2) is 76.6 Å². The number of nitrogens with zero attached hydrogens (tertiary/aromatic N) is 3. The lowest BCUT2D eigenvalue weighted by atomic mass is 10.2. The summed E-state index contributed by atoms with van der Waals surface area (Å²) in [6, 6.07) is 19.3. The quantitative estimate of drug-likeness (QED) is 0.751. The lowest BCUT2D eigenvalue weighted by Crippen LogP contribution is -2.13. The number of aromatic nitrogens is 3. The smallest absolute Gasteiger partial charge is 0.244 e.